The van der Waals surface area contributed by atoms with Crippen LogP contribution in [0.15, 0.2) is 42.5 Å². The first kappa shape index (κ1) is 15.4. The number of benzene rings is 2. The minimum atomic E-state index is -1.09. The normalized spacial score (nSPS) is 13.8. The van der Waals surface area contributed by atoms with E-state index in [0.29, 0.717) is 12.0 Å². The molecule has 1 atom stereocenters. The second-order valence-corrected chi connectivity index (χ2v) is 5.48. The quantitative estimate of drug-likeness (QED) is 0.914. The molecule has 0 fully saturated rings. The highest BCUT2D eigenvalue weighted by Gasteiger charge is 2.22. The Kier molecular flexibility index (Phi) is 4.58. The molecular formula is C17H18F2O2. The molecule has 0 saturated heterocycles. The molecule has 0 radical (unpaired) electrons. The van der Waals surface area contributed by atoms with Crippen LogP contribution in [0.3, 0.4) is 0 Å². The van der Waals surface area contributed by atoms with E-state index in [-0.39, 0.29) is 6.42 Å². The average Bonchev–Trinajstić information content (AvgIpc) is 2.37. The molecule has 2 rings (SSSR count). The molecule has 0 amide bonds. The van der Waals surface area contributed by atoms with E-state index in [1.54, 1.807) is 14.0 Å². The van der Waals surface area contributed by atoms with Gasteiger partial charge in [-0.3, -0.25) is 0 Å². The Labute approximate surface area is 123 Å². The summed E-state index contributed by atoms with van der Waals surface area (Å²) in [6.45, 7) is 1.65. The lowest BCUT2D eigenvalue weighted by Crippen LogP contribution is -2.30. The zero-order valence-corrected chi connectivity index (χ0v) is 12.1. The molecule has 0 heterocycles. The topological polar surface area (TPSA) is 29.5 Å². The van der Waals surface area contributed by atoms with Crippen molar-refractivity contribution in [3.8, 4) is 5.75 Å². The molecular weight excluding hydrogens is 274 g/mol. The van der Waals surface area contributed by atoms with Crippen molar-refractivity contribution in [2.45, 2.75) is 25.4 Å². The third-order valence-electron chi connectivity index (χ3n) is 3.25. The van der Waals surface area contributed by atoms with Gasteiger partial charge >= 0.3 is 0 Å². The van der Waals surface area contributed by atoms with Crippen LogP contribution in [0.1, 0.15) is 18.1 Å². The zero-order chi connectivity index (χ0) is 15.5. The van der Waals surface area contributed by atoms with Crippen LogP contribution in [0, 0.1) is 11.6 Å². The maximum absolute atomic E-state index is 13.2. The number of ether oxygens (including phenoxy) is 1. The van der Waals surface area contributed by atoms with Crippen molar-refractivity contribution in [3.63, 3.8) is 0 Å². The van der Waals surface area contributed by atoms with Gasteiger partial charge in [-0.15, -0.1) is 0 Å². The van der Waals surface area contributed by atoms with Gasteiger partial charge in [0.05, 0.1) is 12.7 Å². The van der Waals surface area contributed by atoms with Gasteiger partial charge in [-0.1, -0.05) is 12.1 Å². The molecule has 0 aliphatic heterocycles. The smallest absolute Gasteiger partial charge is 0.126 e. The Hall–Kier alpha value is -1.94. The standard InChI is InChI=1S/C17H18F2O2/c1-17(20,10-12-3-5-16(21-2)6-4-12)11-13-7-14(18)9-15(19)8-13/h3-9,20H,10-11H2,1-2H3. The fourth-order valence-corrected chi connectivity index (χ4v) is 2.40. The third kappa shape index (κ3) is 4.53. The van der Waals surface area contributed by atoms with E-state index in [1.807, 2.05) is 24.3 Å². The molecule has 2 aromatic carbocycles. The van der Waals surface area contributed by atoms with Crippen LogP contribution in [0.4, 0.5) is 8.78 Å². The van der Waals surface area contributed by atoms with E-state index in [0.717, 1.165) is 17.4 Å². The zero-order valence-electron chi connectivity index (χ0n) is 12.1. The van der Waals surface area contributed by atoms with Crippen molar-refractivity contribution in [3.05, 3.63) is 65.2 Å². The second-order valence-electron chi connectivity index (χ2n) is 5.48. The van der Waals surface area contributed by atoms with E-state index in [4.69, 9.17) is 4.74 Å². The predicted octanol–water partition coefficient (Wildman–Crippen LogP) is 3.51. The lowest BCUT2D eigenvalue weighted by molar-refractivity contribution is 0.0607. The maximum atomic E-state index is 13.2. The highest BCUT2D eigenvalue weighted by atomic mass is 19.1. The molecule has 2 nitrogen and oxygen atoms in total. The summed E-state index contributed by atoms with van der Waals surface area (Å²) in [6.07, 6.45) is 0.558. The highest BCUT2D eigenvalue weighted by Crippen LogP contribution is 2.21. The van der Waals surface area contributed by atoms with Crippen LogP contribution in [-0.2, 0) is 12.8 Å². The molecule has 0 saturated carbocycles. The van der Waals surface area contributed by atoms with Gasteiger partial charge in [-0.25, -0.2) is 8.78 Å². The van der Waals surface area contributed by atoms with Crippen molar-refractivity contribution in [1.82, 2.24) is 0 Å². The molecule has 1 unspecified atom stereocenters. The summed E-state index contributed by atoms with van der Waals surface area (Å²) >= 11 is 0. The molecule has 21 heavy (non-hydrogen) atoms. The molecule has 4 heteroatoms. The highest BCUT2D eigenvalue weighted by molar-refractivity contribution is 5.28. The Morgan fingerprint density at radius 1 is 0.952 bits per heavy atom. The third-order valence-corrected chi connectivity index (χ3v) is 3.25. The molecule has 112 valence electrons. The van der Waals surface area contributed by atoms with Crippen LogP contribution < -0.4 is 4.74 Å². The number of hydrogen-bond donors (Lipinski definition) is 1. The van der Waals surface area contributed by atoms with E-state index in [1.165, 1.54) is 12.1 Å². The lowest BCUT2D eigenvalue weighted by atomic mass is 9.90. The molecule has 2 aromatic rings. The van der Waals surface area contributed by atoms with E-state index in [9.17, 15) is 13.9 Å². The summed E-state index contributed by atoms with van der Waals surface area (Å²) in [5.41, 5.74) is 0.276. The minimum absolute atomic E-state index is 0.174. The summed E-state index contributed by atoms with van der Waals surface area (Å²) in [5, 5.41) is 10.5. The van der Waals surface area contributed by atoms with Gasteiger partial charge in [0.1, 0.15) is 17.4 Å². The Morgan fingerprint density at radius 2 is 1.48 bits per heavy atom. The van der Waals surface area contributed by atoms with Gasteiger partial charge in [-0.2, -0.15) is 0 Å². The average molecular weight is 292 g/mol. The van der Waals surface area contributed by atoms with Gasteiger partial charge in [-0.05, 0) is 42.3 Å². The number of aliphatic hydroxyl groups is 1. The van der Waals surface area contributed by atoms with E-state index < -0.39 is 17.2 Å². The van der Waals surface area contributed by atoms with Crippen molar-refractivity contribution in [1.29, 1.82) is 0 Å². The van der Waals surface area contributed by atoms with Gasteiger partial charge in [0.15, 0.2) is 0 Å². The van der Waals surface area contributed by atoms with Gasteiger partial charge in [0.25, 0.3) is 0 Å². The van der Waals surface area contributed by atoms with Gasteiger partial charge in [0.2, 0.25) is 0 Å². The van der Waals surface area contributed by atoms with Crippen LogP contribution in [-0.4, -0.2) is 17.8 Å². The second kappa shape index (κ2) is 6.22. The summed E-state index contributed by atoms with van der Waals surface area (Å²) < 4.78 is 31.4. The van der Waals surface area contributed by atoms with Crippen molar-refractivity contribution >= 4 is 0 Å². The first-order valence-corrected chi connectivity index (χ1v) is 6.68. The predicted molar refractivity (Wildman–Crippen MR) is 77.4 cm³/mol. The maximum Gasteiger partial charge on any atom is 0.126 e. The summed E-state index contributed by atoms with van der Waals surface area (Å²) in [4.78, 5) is 0. The number of methoxy groups -OCH3 is 1. The fraction of sp³-hybridized carbons (Fsp3) is 0.294. The Balaban J connectivity index is 2.09. The largest absolute Gasteiger partial charge is 0.497 e. The minimum Gasteiger partial charge on any atom is -0.497 e. The van der Waals surface area contributed by atoms with Crippen LogP contribution in [0.5, 0.6) is 5.75 Å². The fourth-order valence-electron chi connectivity index (χ4n) is 2.40. The molecule has 0 bridgehead atoms. The number of hydrogen-bond acceptors (Lipinski definition) is 2. The van der Waals surface area contributed by atoms with Crippen LogP contribution >= 0.6 is 0 Å². The summed E-state index contributed by atoms with van der Waals surface area (Å²) in [7, 11) is 1.59. The molecule has 0 aliphatic rings. The summed E-state index contributed by atoms with van der Waals surface area (Å²) in [6, 6.07) is 10.7. The summed E-state index contributed by atoms with van der Waals surface area (Å²) in [5.74, 6) is -0.527. The van der Waals surface area contributed by atoms with Gasteiger partial charge in [0, 0.05) is 18.9 Å². The first-order valence-electron chi connectivity index (χ1n) is 6.68. The molecule has 0 aliphatic carbocycles. The SMILES string of the molecule is COc1ccc(CC(C)(O)Cc2cc(F)cc(F)c2)cc1. The first-order chi connectivity index (χ1) is 9.88. The Morgan fingerprint density at radius 3 is 2.00 bits per heavy atom. The van der Waals surface area contributed by atoms with E-state index in [2.05, 4.69) is 0 Å². The monoisotopic (exact) mass is 292 g/mol. The molecule has 0 aromatic heterocycles. The Bertz CT molecular complexity index is 586. The number of rotatable bonds is 5. The lowest BCUT2D eigenvalue weighted by Gasteiger charge is -2.23. The van der Waals surface area contributed by atoms with Crippen LogP contribution in [0.25, 0.3) is 0 Å². The van der Waals surface area contributed by atoms with E-state index >= 15 is 0 Å². The molecule has 0 spiro atoms. The number of halogens is 2. The van der Waals surface area contributed by atoms with Crippen molar-refractivity contribution < 1.29 is 18.6 Å². The van der Waals surface area contributed by atoms with Crippen molar-refractivity contribution in [2.24, 2.45) is 0 Å². The van der Waals surface area contributed by atoms with Crippen molar-refractivity contribution in [2.75, 3.05) is 7.11 Å². The van der Waals surface area contributed by atoms with Gasteiger partial charge < -0.3 is 9.84 Å². The van der Waals surface area contributed by atoms with Crippen LogP contribution in [0.2, 0.25) is 0 Å². The molecule has 1 N–H and O–H groups in total.